The van der Waals surface area contributed by atoms with Gasteiger partial charge in [0.1, 0.15) is 0 Å². The van der Waals surface area contributed by atoms with E-state index in [9.17, 15) is 13.2 Å². The number of benzene rings is 1. The molecule has 0 atom stereocenters. The van der Waals surface area contributed by atoms with Gasteiger partial charge in [-0.1, -0.05) is 17.7 Å². The predicted octanol–water partition coefficient (Wildman–Crippen LogP) is 0.205. The summed E-state index contributed by atoms with van der Waals surface area (Å²) >= 11 is 0. The molecule has 1 rings (SSSR count). The van der Waals surface area contributed by atoms with Gasteiger partial charge in [-0.15, -0.1) is 0 Å². The molecule has 0 aliphatic carbocycles. The Bertz CT molecular complexity index is 436. The third kappa shape index (κ3) is 4.34. The van der Waals surface area contributed by atoms with E-state index in [2.05, 4.69) is 0 Å². The molecule has 0 spiro atoms. The minimum atomic E-state index is -3.68. The second kappa shape index (κ2) is 5.65. The van der Waals surface area contributed by atoms with E-state index in [0.29, 0.717) is 0 Å². The SMILES string of the molecule is Cc1ccc(S(=O)(=O)CC(=O)O)cc1.[NaH]. The van der Waals surface area contributed by atoms with E-state index in [1.54, 1.807) is 12.1 Å². The Kier molecular flexibility index (Phi) is 5.51. The quantitative estimate of drug-likeness (QED) is 0.764. The van der Waals surface area contributed by atoms with Gasteiger partial charge in [-0.25, -0.2) is 8.42 Å². The fraction of sp³-hybridized carbons (Fsp3) is 0.222. The molecular formula is C9H11NaO4S. The van der Waals surface area contributed by atoms with E-state index in [0.717, 1.165) is 5.56 Å². The molecule has 78 valence electrons. The van der Waals surface area contributed by atoms with E-state index < -0.39 is 21.6 Å². The number of hydrogen-bond donors (Lipinski definition) is 1. The van der Waals surface area contributed by atoms with Crippen LogP contribution in [0.3, 0.4) is 0 Å². The molecule has 1 aromatic rings. The number of carboxylic acids is 1. The van der Waals surface area contributed by atoms with Crippen LogP contribution in [-0.4, -0.2) is 54.8 Å². The molecule has 0 saturated carbocycles. The third-order valence-corrected chi connectivity index (χ3v) is 3.31. The van der Waals surface area contributed by atoms with Crippen LogP contribution in [0.15, 0.2) is 29.2 Å². The average Bonchev–Trinajstić information content (AvgIpc) is 2.02. The Hall–Kier alpha value is -0.360. The number of carbonyl (C=O) groups is 1. The molecule has 0 fully saturated rings. The number of hydrogen-bond acceptors (Lipinski definition) is 3. The molecule has 4 nitrogen and oxygen atoms in total. The normalized spacial score (nSPS) is 10.5. The van der Waals surface area contributed by atoms with E-state index in [1.165, 1.54) is 12.1 Å². The van der Waals surface area contributed by atoms with Crippen LogP contribution in [-0.2, 0) is 14.6 Å². The van der Waals surface area contributed by atoms with Crippen molar-refractivity contribution in [3.8, 4) is 0 Å². The van der Waals surface area contributed by atoms with Crippen LogP contribution in [0, 0.1) is 6.92 Å². The van der Waals surface area contributed by atoms with Crippen molar-refractivity contribution in [3.63, 3.8) is 0 Å². The van der Waals surface area contributed by atoms with Gasteiger partial charge in [0.15, 0.2) is 15.6 Å². The molecule has 0 unspecified atom stereocenters. The van der Waals surface area contributed by atoms with E-state index in [4.69, 9.17) is 5.11 Å². The van der Waals surface area contributed by atoms with Crippen LogP contribution in [0.2, 0.25) is 0 Å². The third-order valence-electron chi connectivity index (χ3n) is 1.69. The molecule has 1 N–H and O–H groups in total. The Morgan fingerprint density at radius 3 is 2.13 bits per heavy atom. The molecular weight excluding hydrogens is 227 g/mol. The number of sulfone groups is 1. The van der Waals surface area contributed by atoms with Crippen LogP contribution < -0.4 is 0 Å². The summed E-state index contributed by atoms with van der Waals surface area (Å²) in [5.41, 5.74) is 0.930. The number of carboxylic acid groups (broad SMARTS) is 1. The predicted molar refractivity (Wildman–Crippen MR) is 58.0 cm³/mol. The first-order chi connectivity index (χ1) is 6.42. The molecule has 15 heavy (non-hydrogen) atoms. The molecule has 0 saturated heterocycles. The fourth-order valence-corrected chi connectivity index (χ4v) is 2.03. The maximum absolute atomic E-state index is 11.4. The van der Waals surface area contributed by atoms with Crippen molar-refractivity contribution in [1.82, 2.24) is 0 Å². The Balaban J connectivity index is 0.00000196. The first kappa shape index (κ1) is 14.6. The monoisotopic (exact) mass is 238 g/mol. The van der Waals surface area contributed by atoms with Crippen molar-refractivity contribution in [1.29, 1.82) is 0 Å². The van der Waals surface area contributed by atoms with Crippen molar-refractivity contribution in [2.45, 2.75) is 11.8 Å². The van der Waals surface area contributed by atoms with Gasteiger partial charge >= 0.3 is 35.5 Å². The van der Waals surface area contributed by atoms with Crippen molar-refractivity contribution in [2.75, 3.05) is 5.75 Å². The molecule has 0 aliphatic heterocycles. The van der Waals surface area contributed by atoms with E-state index in [1.807, 2.05) is 6.92 Å². The van der Waals surface area contributed by atoms with Gasteiger partial charge in [-0.05, 0) is 19.1 Å². The zero-order chi connectivity index (χ0) is 10.8. The zero-order valence-electron chi connectivity index (χ0n) is 7.60. The summed E-state index contributed by atoms with van der Waals surface area (Å²) in [7, 11) is -3.68. The van der Waals surface area contributed by atoms with E-state index >= 15 is 0 Å². The Morgan fingerprint density at radius 1 is 1.27 bits per heavy atom. The standard InChI is InChI=1S/C9H10O4S.Na.H/c1-7-2-4-8(5-3-7)14(12,13)6-9(10)11;;/h2-5H,6H2,1H3,(H,10,11);;. The topological polar surface area (TPSA) is 71.4 Å². The van der Waals surface area contributed by atoms with Crippen molar-refractivity contribution >= 4 is 45.4 Å². The van der Waals surface area contributed by atoms with Gasteiger partial charge in [0.25, 0.3) is 0 Å². The van der Waals surface area contributed by atoms with Crippen molar-refractivity contribution in [2.24, 2.45) is 0 Å². The summed E-state index contributed by atoms with van der Waals surface area (Å²) in [6, 6.07) is 6.09. The van der Waals surface area contributed by atoms with Crippen molar-refractivity contribution < 1.29 is 18.3 Å². The van der Waals surface area contributed by atoms with Crippen LogP contribution in [0.1, 0.15) is 5.56 Å². The summed E-state index contributed by atoms with van der Waals surface area (Å²) in [5.74, 6) is -2.21. The molecule has 0 aromatic heterocycles. The van der Waals surface area contributed by atoms with Gasteiger partial charge in [0.05, 0.1) is 4.90 Å². The van der Waals surface area contributed by atoms with Gasteiger partial charge in [-0.2, -0.15) is 0 Å². The Morgan fingerprint density at radius 2 is 1.73 bits per heavy atom. The van der Waals surface area contributed by atoms with E-state index in [-0.39, 0.29) is 34.5 Å². The first-order valence-electron chi connectivity index (χ1n) is 3.93. The zero-order valence-corrected chi connectivity index (χ0v) is 8.41. The Labute approximate surface area is 111 Å². The average molecular weight is 238 g/mol. The van der Waals surface area contributed by atoms with Crippen LogP contribution in [0.25, 0.3) is 0 Å². The van der Waals surface area contributed by atoms with Crippen LogP contribution in [0.5, 0.6) is 0 Å². The van der Waals surface area contributed by atoms with Gasteiger partial charge < -0.3 is 5.11 Å². The summed E-state index contributed by atoms with van der Waals surface area (Å²) in [6.07, 6.45) is 0. The van der Waals surface area contributed by atoms with Crippen molar-refractivity contribution in [3.05, 3.63) is 29.8 Å². The molecule has 6 heteroatoms. The molecule has 0 radical (unpaired) electrons. The molecule has 0 heterocycles. The van der Waals surface area contributed by atoms with Gasteiger partial charge in [0.2, 0.25) is 0 Å². The second-order valence-electron chi connectivity index (χ2n) is 2.97. The second-order valence-corrected chi connectivity index (χ2v) is 4.96. The summed E-state index contributed by atoms with van der Waals surface area (Å²) in [6.45, 7) is 1.83. The number of aryl methyl sites for hydroxylation is 1. The summed E-state index contributed by atoms with van der Waals surface area (Å²) < 4.78 is 22.7. The summed E-state index contributed by atoms with van der Waals surface area (Å²) in [4.78, 5) is 10.3. The van der Waals surface area contributed by atoms with Crippen LogP contribution in [0.4, 0.5) is 0 Å². The van der Waals surface area contributed by atoms with Gasteiger partial charge in [0, 0.05) is 0 Å². The number of rotatable bonds is 3. The summed E-state index contributed by atoms with van der Waals surface area (Å²) in [5, 5.41) is 8.39. The van der Waals surface area contributed by atoms with Gasteiger partial charge in [-0.3, -0.25) is 4.79 Å². The molecule has 0 bridgehead atoms. The maximum atomic E-state index is 11.4. The first-order valence-corrected chi connectivity index (χ1v) is 5.58. The molecule has 0 amide bonds. The fourth-order valence-electron chi connectivity index (χ4n) is 0.991. The number of aliphatic carboxylic acids is 1. The molecule has 1 aromatic carbocycles. The van der Waals surface area contributed by atoms with Crippen LogP contribution >= 0.6 is 0 Å². The molecule has 0 aliphatic rings. The minimum absolute atomic E-state index is 0.